The predicted molar refractivity (Wildman–Crippen MR) is 39.0 cm³/mol. The van der Waals surface area contributed by atoms with Gasteiger partial charge >= 0.3 is 0 Å². The number of aliphatic hydroxyl groups excluding tert-OH is 1. The van der Waals surface area contributed by atoms with E-state index in [0.717, 1.165) is 0 Å². The van der Waals surface area contributed by atoms with E-state index in [-0.39, 0.29) is 13.2 Å². The molecule has 0 heterocycles. The molecule has 1 atom stereocenters. The molecular weight excluding hydrogens is 148 g/mol. The Bertz CT molecular complexity index is 113. The van der Waals surface area contributed by atoms with Gasteiger partial charge in [0.25, 0.3) is 0 Å². The van der Waals surface area contributed by atoms with Crippen LogP contribution in [-0.2, 0) is 14.3 Å². The monoisotopic (exact) mass is 160 g/mol. The fourth-order valence-electron chi connectivity index (χ4n) is 0.466. The SMILES string of the molecule is C=COCCOC(C=O)CO. The van der Waals surface area contributed by atoms with Crippen LogP contribution in [0.5, 0.6) is 0 Å². The lowest BCUT2D eigenvalue weighted by molar-refractivity contribution is -0.121. The minimum Gasteiger partial charge on any atom is -0.499 e. The summed E-state index contributed by atoms with van der Waals surface area (Å²) in [5.41, 5.74) is 0. The highest BCUT2D eigenvalue weighted by molar-refractivity contribution is 5.55. The Morgan fingerprint density at radius 2 is 2.27 bits per heavy atom. The van der Waals surface area contributed by atoms with Gasteiger partial charge in [0.15, 0.2) is 6.29 Å². The van der Waals surface area contributed by atoms with Gasteiger partial charge in [0.1, 0.15) is 12.7 Å². The van der Waals surface area contributed by atoms with Crippen molar-refractivity contribution in [2.45, 2.75) is 6.10 Å². The topological polar surface area (TPSA) is 55.8 Å². The van der Waals surface area contributed by atoms with E-state index >= 15 is 0 Å². The molecule has 64 valence electrons. The summed E-state index contributed by atoms with van der Waals surface area (Å²) in [4.78, 5) is 10.1. The molecule has 1 N–H and O–H groups in total. The summed E-state index contributed by atoms with van der Waals surface area (Å²) in [6.45, 7) is 3.64. The van der Waals surface area contributed by atoms with Crippen LogP contribution in [0.1, 0.15) is 0 Å². The van der Waals surface area contributed by atoms with Crippen molar-refractivity contribution >= 4 is 6.29 Å². The lowest BCUT2D eigenvalue weighted by Gasteiger charge is -2.07. The van der Waals surface area contributed by atoms with Crippen LogP contribution in [0.3, 0.4) is 0 Å². The average molecular weight is 160 g/mol. The van der Waals surface area contributed by atoms with Crippen molar-refractivity contribution in [3.05, 3.63) is 12.8 Å². The summed E-state index contributed by atoms with van der Waals surface area (Å²) < 4.78 is 9.57. The van der Waals surface area contributed by atoms with E-state index in [1.807, 2.05) is 0 Å². The highest BCUT2D eigenvalue weighted by Crippen LogP contribution is 1.86. The first-order chi connectivity index (χ1) is 5.35. The Balaban J connectivity index is 3.20. The standard InChI is InChI=1S/C7H12O4/c1-2-10-3-4-11-7(5-8)6-9/h2,5,7,9H,1,3-4,6H2. The zero-order chi connectivity index (χ0) is 8.53. The summed E-state index contributed by atoms with van der Waals surface area (Å²) in [5.74, 6) is 0. The van der Waals surface area contributed by atoms with E-state index in [1.165, 1.54) is 6.26 Å². The molecule has 0 aliphatic heterocycles. The van der Waals surface area contributed by atoms with E-state index in [4.69, 9.17) is 14.6 Å². The van der Waals surface area contributed by atoms with Crippen molar-refractivity contribution in [1.29, 1.82) is 0 Å². The van der Waals surface area contributed by atoms with Gasteiger partial charge in [-0.15, -0.1) is 0 Å². The van der Waals surface area contributed by atoms with Gasteiger partial charge in [-0.05, 0) is 0 Å². The lowest BCUT2D eigenvalue weighted by Crippen LogP contribution is -2.21. The van der Waals surface area contributed by atoms with Gasteiger partial charge in [0.2, 0.25) is 0 Å². The van der Waals surface area contributed by atoms with Crippen molar-refractivity contribution in [2.75, 3.05) is 19.8 Å². The molecule has 11 heavy (non-hydrogen) atoms. The van der Waals surface area contributed by atoms with E-state index in [9.17, 15) is 4.79 Å². The maximum Gasteiger partial charge on any atom is 0.151 e. The molecule has 0 saturated carbocycles. The van der Waals surface area contributed by atoms with Gasteiger partial charge in [-0.3, -0.25) is 0 Å². The number of carbonyl (C=O) groups is 1. The maximum absolute atomic E-state index is 10.1. The zero-order valence-electron chi connectivity index (χ0n) is 6.23. The van der Waals surface area contributed by atoms with E-state index in [0.29, 0.717) is 12.9 Å². The summed E-state index contributed by atoms with van der Waals surface area (Å²) in [6, 6.07) is 0. The summed E-state index contributed by atoms with van der Waals surface area (Å²) >= 11 is 0. The second kappa shape index (κ2) is 7.24. The van der Waals surface area contributed by atoms with E-state index in [2.05, 4.69) is 6.58 Å². The number of hydrogen-bond donors (Lipinski definition) is 1. The van der Waals surface area contributed by atoms with Crippen LogP contribution in [0.15, 0.2) is 12.8 Å². The molecule has 1 unspecified atom stereocenters. The number of aliphatic hydroxyl groups is 1. The molecule has 0 fully saturated rings. The van der Waals surface area contributed by atoms with Gasteiger partial charge in [0, 0.05) is 0 Å². The van der Waals surface area contributed by atoms with Crippen molar-refractivity contribution in [2.24, 2.45) is 0 Å². The smallest absolute Gasteiger partial charge is 0.151 e. The Hall–Kier alpha value is -0.870. The first kappa shape index (κ1) is 10.1. The molecule has 0 aliphatic rings. The number of hydrogen-bond acceptors (Lipinski definition) is 4. The highest BCUT2D eigenvalue weighted by Gasteiger charge is 2.03. The molecule has 4 heteroatoms. The van der Waals surface area contributed by atoms with Gasteiger partial charge in [-0.1, -0.05) is 6.58 Å². The third-order valence-electron chi connectivity index (χ3n) is 0.983. The predicted octanol–water partition coefficient (Wildman–Crippen LogP) is -0.277. The largest absolute Gasteiger partial charge is 0.499 e. The van der Waals surface area contributed by atoms with Crippen molar-refractivity contribution in [1.82, 2.24) is 0 Å². The molecule has 0 aromatic rings. The summed E-state index contributed by atoms with van der Waals surface area (Å²) in [6.07, 6.45) is 1.11. The zero-order valence-corrected chi connectivity index (χ0v) is 6.23. The fraction of sp³-hybridized carbons (Fsp3) is 0.571. The molecule has 0 aromatic carbocycles. The fourth-order valence-corrected chi connectivity index (χ4v) is 0.466. The number of aldehydes is 1. The quantitative estimate of drug-likeness (QED) is 0.316. The third kappa shape index (κ3) is 5.57. The number of carbonyl (C=O) groups excluding carboxylic acids is 1. The van der Waals surface area contributed by atoms with Gasteiger partial charge in [-0.25, -0.2) is 0 Å². The maximum atomic E-state index is 10.1. The molecular formula is C7H12O4. The first-order valence-corrected chi connectivity index (χ1v) is 3.25. The summed E-state index contributed by atoms with van der Waals surface area (Å²) in [7, 11) is 0. The van der Waals surface area contributed by atoms with Crippen molar-refractivity contribution < 1.29 is 19.4 Å². The second-order valence-corrected chi connectivity index (χ2v) is 1.77. The molecule has 0 bridgehead atoms. The molecule has 4 nitrogen and oxygen atoms in total. The third-order valence-corrected chi connectivity index (χ3v) is 0.983. The molecule has 0 aliphatic carbocycles. The highest BCUT2D eigenvalue weighted by atomic mass is 16.5. The van der Waals surface area contributed by atoms with Crippen LogP contribution < -0.4 is 0 Å². The molecule has 0 aromatic heterocycles. The Kier molecular flexibility index (Phi) is 6.67. The normalized spacial score (nSPS) is 12.1. The molecule has 0 spiro atoms. The average Bonchev–Trinajstić information content (AvgIpc) is 2.05. The van der Waals surface area contributed by atoms with Crippen LogP contribution >= 0.6 is 0 Å². The van der Waals surface area contributed by atoms with Crippen LogP contribution in [0.4, 0.5) is 0 Å². The van der Waals surface area contributed by atoms with E-state index < -0.39 is 6.10 Å². The second-order valence-electron chi connectivity index (χ2n) is 1.77. The van der Waals surface area contributed by atoms with Crippen molar-refractivity contribution in [3.63, 3.8) is 0 Å². The molecule has 0 radical (unpaired) electrons. The Morgan fingerprint density at radius 3 is 2.73 bits per heavy atom. The summed E-state index contributed by atoms with van der Waals surface area (Å²) in [5, 5.41) is 8.47. The first-order valence-electron chi connectivity index (χ1n) is 3.25. The van der Waals surface area contributed by atoms with E-state index in [1.54, 1.807) is 0 Å². The minimum atomic E-state index is -0.733. The molecule has 0 saturated heterocycles. The van der Waals surface area contributed by atoms with Crippen LogP contribution in [0, 0.1) is 0 Å². The molecule has 0 rings (SSSR count). The Labute approximate surface area is 65.4 Å². The Morgan fingerprint density at radius 1 is 1.55 bits per heavy atom. The minimum absolute atomic E-state index is 0.274. The van der Waals surface area contributed by atoms with Gasteiger partial charge in [-0.2, -0.15) is 0 Å². The van der Waals surface area contributed by atoms with Crippen LogP contribution in [-0.4, -0.2) is 37.3 Å². The van der Waals surface area contributed by atoms with Gasteiger partial charge < -0.3 is 19.4 Å². The van der Waals surface area contributed by atoms with Crippen molar-refractivity contribution in [3.8, 4) is 0 Å². The molecule has 0 amide bonds. The number of ether oxygens (including phenoxy) is 2. The van der Waals surface area contributed by atoms with Gasteiger partial charge in [0.05, 0.1) is 19.5 Å². The van der Waals surface area contributed by atoms with Crippen LogP contribution in [0.2, 0.25) is 0 Å². The van der Waals surface area contributed by atoms with Crippen LogP contribution in [0.25, 0.3) is 0 Å². The lowest BCUT2D eigenvalue weighted by atomic mass is 10.4. The number of rotatable bonds is 7.